The van der Waals surface area contributed by atoms with Gasteiger partial charge in [-0.05, 0) is 91.2 Å². The summed E-state index contributed by atoms with van der Waals surface area (Å²) in [6, 6.07) is 71.8. The van der Waals surface area contributed by atoms with Crippen LogP contribution in [0.5, 0.6) is 0 Å². The summed E-state index contributed by atoms with van der Waals surface area (Å²) in [5, 5.41) is 19.3. The summed E-state index contributed by atoms with van der Waals surface area (Å²) < 4.78 is 16.5. The second-order valence-corrected chi connectivity index (χ2v) is 22.8. The molecule has 82 heavy (non-hydrogen) atoms. The van der Waals surface area contributed by atoms with Crippen molar-refractivity contribution in [3.05, 3.63) is 270 Å². The molecule has 3 heterocycles. The highest BCUT2D eigenvalue weighted by Gasteiger charge is 2.22. The molecular weight excluding hydrogens is 1010 g/mol. The van der Waals surface area contributed by atoms with Crippen molar-refractivity contribution in [2.75, 3.05) is 0 Å². The zero-order valence-corrected chi connectivity index (χ0v) is 47.6. The lowest BCUT2D eigenvalue weighted by Gasteiger charge is -2.20. The van der Waals surface area contributed by atoms with E-state index in [1.54, 1.807) is 0 Å². The van der Waals surface area contributed by atoms with Gasteiger partial charge in [0.15, 0.2) is 23.3 Å². The van der Waals surface area contributed by atoms with Crippen LogP contribution < -0.4 is 0 Å². The first kappa shape index (κ1) is 54.5. The smallest absolute Gasteiger partial charge is 0.168 e. The van der Waals surface area contributed by atoms with Gasteiger partial charge in [-0.3, -0.25) is 14.1 Å². The van der Waals surface area contributed by atoms with Crippen molar-refractivity contribution in [2.24, 2.45) is 0 Å². The Bertz CT molecular complexity index is 3680. The van der Waals surface area contributed by atoms with Gasteiger partial charge in [0.25, 0.3) is 0 Å². The minimum absolute atomic E-state index is 0.0129. The predicted molar refractivity (Wildman–Crippen MR) is 334 cm³/mol. The molecule has 0 aliphatic heterocycles. The van der Waals surface area contributed by atoms with Gasteiger partial charge >= 0.3 is 0 Å². The van der Waals surface area contributed by atoms with Crippen LogP contribution in [0.4, 0.5) is 0 Å². The third-order valence-corrected chi connectivity index (χ3v) is 14.9. The summed E-state index contributed by atoms with van der Waals surface area (Å²) in [5.41, 5.74) is 18.8. The van der Waals surface area contributed by atoms with E-state index in [0.717, 1.165) is 113 Å². The molecule has 0 N–H and O–H groups in total. The van der Waals surface area contributed by atoms with E-state index in [4.69, 9.17) is 34.9 Å². The van der Waals surface area contributed by atoms with Crippen LogP contribution in [-0.4, -0.2) is 34.5 Å². The van der Waals surface area contributed by atoms with E-state index in [0.29, 0.717) is 26.4 Å². The normalized spacial score (nSPS) is 11.7. The number of hydrogen-bond donors (Lipinski definition) is 0. The first-order chi connectivity index (χ1) is 39.8. The Hall–Kier alpha value is -9.41. The fourth-order valence-corrected chi connectivity index (χ4v) is 9.94. The van der Waals surface area contributed by atoms with Crippen molar-refractivity contribution in [1.82, 2.24) is 34.5 Å². The first-order valence-corrected chi connectivity index (χ1v) is 27.9. The number of ether oxygens (including phenoxy) is 2. The zero-order chi connectivity index (χ0) is 56.8. The van der Waals surface area contributed by atoms with Crippen LogP contribution >= 0.6 is 0 Å². The third-order valence-electron chi connectivity index (χ3n) is 14.9. The SMILES string of the molecule is C=Cc1ccc(COCc2ccc(-c3nnc(-c4ccc(-c5ccc(-c6ccc(-c7nnc(-c8ccc(COCc9ccc(C=C)cc9)cc8)n7-c7ccc(C(C)(C)C)cc7)cc6)nc5)cc4)n3-c3ccc(C(C)(C)C)cc3)cc2)cc1. The lowest BCUT2D eigenvalue weighted by molar-refractivity contribution is 0.107. The van der Waals surface area contributed by atoms with E-state index in [1.165, 1.54) is 11.1 Å². The van der Waals surface area contributed by atoms with Crippen molar-refractivity contribution < 1.29 is 9.47 Å². The molecule has 11 aromatic rings. The number of benzene rings is 8. The van der Waals surface area contributed by atoms with Crippen molar-refractivity contribution in [1.29, 1.82) is 0 Å². The molecular formula is C73H67N7O2. The van der Waals surface area contributed by atoms with Crippen molar-refractivity contribution in [2.45, 2.75) is 78.8 Å². The fraction of sp³-hybridized carbons (Fsp3) is 0.164. The van der Waals surface area contributed by atoms with E-state index < -0.39 is 0 Å². The van der Waals surface area contributed by atoms with Crippen LogP contribution in [0.2, 0.25) is 0 Å². The van der Waals surface area contributed by atoms with Gasteiger partial charge in [0, 0.05) is 51.0 Å². The summed E-state index contributed by atoms with van der Waals surface area (Å²) in [6.45, 7) is 23.1. The van der Waals surface area contributed by atoms with Gasteiger partial charge in [0.2, 0.25) is 0 Å². The van der Waals surface area contributed by atoms with Crippen molar-refractivity contribution >= 4 is 12.2 Å². The molecule has 0 bridgehead atoms. The van der Waals surface area contributed by atoms with E-state index in [-0.39, 0.29) is 10.8 Å². The molecule has 0 spiro atoms. The Kier molecular flexibility index (Phi) is 15.8. The molecule has 406 valence electrons. The highest BCUT2D eigenvalue weighted by atomic mass is 16.5. The van der Waals surface area contributed by atoms with E-state index in [2.05, 4.69) is 270 Å². The van der Waals surface area contributed by atoms with E-state index >= 15 is 0 Å². The fourth-order valence-electron chi connectivity index (χ4n) is 9.94. The monoisotopic (exact) mass is 1070 g/mol. The number of nitrogens with zero attached hydrogens (tertiary/aromatic N) is 7. The molecule has 9 nitrogen and oxygen atoms in total. The first-order valence-electron chi connectivity index (χ1n) is 27.9. The van der Waals surface area contributed by atoms with Gasteiger partial charge in [0.05, 0.1) is 32.1 Å². The molecule has 3 aromatic heterocycles. The lowest BCUT2D eigenvalue weighted by Crippen LogP contribution is -2.11. The Labute approximate surface area is 482 Å². The molecule has 11 rings (SSSR count). The van der Waals surface area contributed by atoms with Crippen LogP contribution in [0.15, 0.2) is 226 Å². The van der Waals surface area contributed by atoms with Gasteiger partial charge in [-0.2, -0.15) is 0 Å². The lowest BCUT2D eigenvalue weighted by atomic mass is 9.87. The number of rotatable bonds is 18. The second kappa shape index (κ2) is 23.7. The Balaban J connectivity index is 0.806. The summed E-state index contributed by atoms with van der Waals surface area (Å²) in [4.78, 5) is 4.97. The summed E-state index contributed by atoms with van der Waals surface area (Å²) in [7, 11) is 0. The topological polar surface area (TPSA) is 92.8 Å². The number of pyridine rings is 1. The molecule has 0 saturated carbocycles. The Morgan fingerprint density at radius 1 is 0.341 bits per heavy atom. The average molecular weight is 1070 g/mol. The molecule has 0 fully saturated rings. The van der Waals surface area contributed by atoms with Crippen LogP contribution in [0.3, 0.4) is 0 Å². The van der Waals surface area contributed by atoms with Gasteiger partial charge in [-0.15, -0.1) is 20.4 Å². The Morgan fingerprint density at radius 3 is 0.939 bits per heavy atom. The number of aromatic nitrogens is 7. The van der Waals surface area contributed by atoms with E-state index in [9.17, 15) is 0 Å². The minimum Gasteiger partial charge on any atom is -0.372 e. The zero-order valence-electron chi connectivity index (χ0n) is 47.6. The molecule has 8 aromatic carbocycles. The molecule has 0 radical (unpaired) electrons. The van der Waals surface area contributed by atoms with E-state index in [1.807, 2.05) is 18.3 Å². The molecule has 0 aliphatic carbocycles. The summed E-state index contributed by atoms with van der Waals surface area (Å²) in [5.74, 6) is 3.02. The molecule has 0 aliphatic rings. The molecule has 9 heteroatoms. The summed E-state index contributed by atoms with van der Waals surface area (Å²) >= 11 is 0. The minimum atomic E-state index is 0.0129. The molecule has 0 saturated heterocycles. The van der Waals surface area contributed by atoms with Crippen LogP contribution in [-0.2, 0) is 46.7 Å². The van der Waals surface area contributed by atoms with Crippen molar-refractivity contribution in [3.8, 4) is 79.3 Å². The van der Waals surface area contributed by atoms with Gasteiger partial charge < -0.3 is 9.47 Å². The molecule has 0 atom stereocenters. The third kappa shape index (κ3) is 12.3. The maximum Gasteiger partial charge on any atom is 0.168 e. The van der Waals surface area contributed by atoms with Gasteiger partial charge in [-0.1, -0.05) is 243 Å². The number of hydrogen-bond acceptors (Lipinski definition) is 7. The maximum atomic E-state index is 6.09. The largest absolute Gasteiger partial charge is 0.372 e. The highest BCUT2D eigenvalue weighted by molar-refractivity contribution is 5.74. The molecule has 0 amide bonds. The van der Waals surface area contributed by atoms with Crippen molar-refractivity contribution in [3.63, 3.8) is 0 Å². The summed E-state index contributed by atoms with van der Waals surface area (Å²) in [6.07, 6.45) is 5.63. The van der Waals surface area contributed by atoms with Crippen LogP contribution in [0.25, 0.3) is 91.5 Å². The standard InChI is InChI=1S/C73H67N7O2/c1-9-50-11-15-52(16-12-50)46-81-48-54-19-23-58(24-20-54)68-75-77-70(79(68)65-40-36-63(37-41-65)72(3,4)5)60-31-27-56(28-32-60)62-35-44-67(74-45-62)57-29-33-61(34-30-57)71-78-76-69(80(71)66-42-38-64(39-43-66)73(6,7)8)59-25-21-55(22-26-59)49-82-47-53-17-13-51(10-2)14-18-53/h9-45H,1-2,46-49H2,3-8H3. The van der Waals surface area contributed by atoms with Crippen LogP contribution in [0, 0.1) is 0 Å². The average Bonchev–Trinajstić information content (AvgIpc) is 3.76. The maximum absolute atomic E-state index is 6.09. The Morgan fingerprint density at radius 2 is 0.634 bits per heavy atom. The van der Waals surface area contributed by atoms with Crippen LogP contribution in [0.1, 0.15) is 86.1 Å². The predicted octanol–water partition coefficient (Wildman–Crippen LogP) is 17.6. The second-order valence-electron chi connectivity index (χ2n) is 22.8. The molecule has 0 unspecified atom stereocenters. The quantitative estimate of drug-likeness (QED) is 0.0845. The van der Waals surface area contributed by atoms with Gasteiger partial charge in [-0.25, -0.2) is 0 Å². The highest BCUT2D eigenvalue weighted by Crippen LogP contribution is 2.35. The van der Waals surface area contributed by atoms with Gasteiger partial charge in [0.1, 0.15) is 0 Å².